The molecule has 0 aliphatic rings. The van der Waals surface area contributed by atoms with Crippen molar-refractivity contribution in [1.82, 2.24) is 10.2 Å². The second-order valence-electron chi connectivity index (χ2n) is 5.73. The van der Waals surface area contributed by atoms with E-state index in [-0.39, 0.29) is 10.6 Å². The molecule has 1 aromatic rings. The highest BCUT2D eigenvalue weighted by molar-refractivity contribution is 5.43. The van der Waals surface area contributed by atoms with Crippen LogP contribution in [0.15, 0.2) is 18.2 Å². The number of nitro benzene ring substituents is 1. The minimum absolute atomic E-state index is 0.0938. The van der Waals surface area contributed by atoms with E-state index in [4.69, 9.17) is 4.74 Å². The van der Waals surface area contributed by atoms with Gasteiger partial charge in [-0.05, 0) is 32.6 Å². The van der Waals surface area contributed by atoms with Crippen LogP contribution >= 0.6 is 0 Å². The summed E-state index contributed by atoms with van der Waals surface area (Å²) in [6, 6.07) is 4.75. The number of rotatable bonds is 9. The molecule has 0 aliphatic carbocycles. The number of hydrogen-bond acceptors (Lipinski definition) is 5. The van der Waals surface area contributed by atoms with Gasteiger partial charge in [-0.1, -0.05) is 13.8 Å². The molecule has 0 atom stereocenters. The second kappa shape index (κ2) is 8.59. The lowest BCUT2D eigenvalue weighted by Gasteiger charge is -2.15. The molecule has 0 spiro atoms. The van der Waals surface area contributed by atoms with Crippen molar-refractivity contribution in [1.29, 1.82) is 0 Å². The van der Waals surface area contributed by atoms with E-state index >= 15 is 0 Å². The fourth-order valence-corrected chi connectivity index (χ4v) is 1.79. The lowest BCUT2D eigenvalue weighted by molar-refractivity contribution is -0.384. The molecule has 0 aromatic heterocycles. The summed E-state index contributed by atoms with van der Waals surface area (Å²) >= 11 is 0. The third-order valence-corrected chi connectivity index (χ3v) is 2.92. The van der Waals surface area contributed by atoms with E-state index < -0.39 is 0 Å². The molecular weight excluding hydrogens is 270 g/mol. The third kappa shape index (κ3) is 6.55. The summed E-state index contributed by atoms with van der Waals surface area (Å²) in [7, 11) is 3.95. The van der Waals surface area contributed by atoms with Gasteiger partial charge in [-0.15, -0.1) is 0 Å². The van der Waals surface area contributed by atoms with Crippen molar-refractivity contribution in [2.75, 3.05) is 33.8 Å². The van der Waals surface area contributed by atoms with E-state index in [9.17, 15) is 10.1 Å². The van der Waals surface area contributed by atoms with Crippen LogP contribution in [0.3, 0.4) is 0 Å². The molecule has 0 saturated carbocycles. The fraction of sp³-hybridized carbons (Fsp3) is 0.600. The van der Waals surface area contributed by atoms with Crippen LogP contribution in [0, 0.1) is 16.0 Å². The maximum atomic E-state index is 10.9. The van der Waals surface area contributed by atoms with Crippen LogP contribution in [0.25, 0.3) is 0 Å². The predicted octanol–water partition coefficient (Wildman–Crippen LogP) is 2.28. The molecular formula is C15H25N3O3. The molecule has 0 saturated heterocycles. The summed E-state index contributed by atoms with van der Waals surface area (Å²) < 4.78 is 5.74. The monoisotopic (exact) mass is 295 g/mol. The average Bonchev–Trinajstić information content (AvgIpc) is 2.39. The Bertz CT molecular complexity index is 461. The van der Waals surface area contributed by atoms with Gasteiger partial charge in [0.15, 0.2) is 0 Å². The van der Waals surface area contributed by atoms with Gasteiger partial charge in [0.25, 0.3) is 5.69 Å². The van der Waals surface area contributed by atoms with Crippen LogP contribution in [0.2, 0.25) is 0 Å². The number of nitro groups is 1. The first-order chi connectivity index (χ1) is 9.90. The Kier molecular flexibility index (Phi) is 7.11. The maximum Gasteiger partial charge on any atom is 0.270 e. The van der Waals surface area contributed by atoms with E-state index in [1.54, 1.807) is 12.1 Å². The van der Waals surface area contributed by atoms with Gasteiger partial charge in [0, 0.05) is 30.8 Å². The first-order valence-corrected chi connectivity index (χ1v) is 7.15. The number of non-ortho nitro benzene ring substituents is 1. The lowest BCUT2D eigenvalue weighted by atomic mass is 10.1. The number of ether oxygens (including phenoxy) is 1. The van der Waals surface area contributed by atoms with Gasteiger partial charge < -0.3 is 15.0 Å². The Morgan fingerprint density at radius 1 is 1.38 bits per heavy atom. The van der Waals surface area contributed by atoms with Crippen LogP contribution in [-0.4, -0.2) is 43.6 Å². The zero-order chi connectivity index (χ0) is 15.8. The average molecular weight is 295 g/mol. The van der Waals surface area contributed by atoms with Gasteiger partial charge in [0.1, 0.15) is 12.4 Å². The Morgan fingerprint density at radius 3 is 2.67 bits per heavy atom. The number of nitrogens with one attached hydrogen (secondary N) is 1. The first kappa shape index (κ1) is 17.4. The lowest BCUT2D eigenvalue weighted by Crippen LogP contribution is -2.21. The molecule has 118 valence electrons. The minimum atomic E-state index is -0.379. The Hall–Kier alpha value is -1.66. The summed E-state index contributed by atoms with van der Waals surface area (Å²) in [6.45, 7) is 7.03. The van der Waals surface area contributed by atoms with Crippen molar-refractivity contribution in [2.24, 2.45) is 5.92 Å². The Morgan fingerprint density at radius 2 is 2.10 bits per heavy atom. The van der Waals surface area contributed by atoms with E-state index in [0.717, 1.165) is 18.7 Å². The maximum absolute atomic E-state index is 10.9. The van der Waals surface area contributed by atoms with E-state index in [0.29, 0.717) is 24.8 Å². The summed E-state index contributed by atoms with van der Waals surface area (Å²) in [6.07, 6.45) is 0. The Labute approximate surface area is 126 Å². The largest absolute Gasteiger partial charge is 0.492 e. The molecule has 1 aromatic carbocycles. The molecule has 0 radical (unpaired) electrons. The highest BCUT2D eigenvalue weighted by atomic mass is 16.6. The van der Waals surface area contributed by atoms with Crippen LogP contribution in [0.5, 0.6) is 5.75 Å². The van der Waals surface area contributed by atoms with E-state index in [1.807, 2.05) is 19.0 Å². The highest BCUT2D eigenvalue weighted by Crippen LogP contribution is 2.24. The smallest absolute Gasteiger partial charge is 0.270 e. The van der Waals surface area contributed by atoms with Crippen LogP contribution in [-0.2, 0) is 6.54 Å². The van der Waals surface area contributed by atoms with Crippen molar-refractivity contribution >= 4 is 5.69 Å². The highest BCUT2D eigenvalue weighted by Gasteiger charge is 2.12. The van der Waals surface area contributed by atoms with Gasteiger partial charge in [0.2, 0.25) is 0 Å². The van der Waals surface area contributed by atoms with Gasteiger partial charge in [-0.25, -0.2) is 0 Å². The summed E-state index contributed by atoms with van der Waals surface area (Å²) in [4.78, 5) is 12.5. The van der Waals surface area contributed by atoms with Crippen molar-refractivity contribution < 1.29 is 9.66 Å². The fourth-order valence-electron chi connectivity index (χ4n) is 1.79. The van der Waals surface area contributed by atoms with Crippen molar-refractivity contribution in [3.8, 4) is 5.75 Å². The number of nitrogens with zero attached hydrogens (tertiary/aromatic N) is 2. The van der Waals surface area contributed by atoms with Gasteiger partial charge in [0.05, 0.1) is 4.92 Å². The molecule has 0 fully saturated rings. The Balaban J connectivity index is 2.76. The quantitative estimate of drug-likeness (QED) is 0.559. The summed E-state index contributed by atoms with van der Waals surface area (Å²) in [5.74, 6) is 1.24. The molecule has 0 bridgehead atoms. The number of likely N-dealkylation sites (N-methyl/N-ethyl adjacent to an activating group) is 1. The molecule has 21 heavy (non-hydrogen) atoms. The molecule has 0 amide bonds. The standard InChI is InChI=1S/C15H25N3O3/c1-12(2)10-16-11-13-9-14(18(19)20)5-6-15(13)21-8-7-17(3)4/h5-6,9,12,16H,7-8,10-11H2,1-4H3. The van der Waals surface area contributed by atoms with Gasteiger partial charge in [-0.2, -0.15) is 0 Å². The minimum Gasteiger partial charge on any atom is -0.492 e. The molecule has 6 nitrogen and oxygen atoms in total. The summed E-state index contributed by atoms with van der Waals surface area (Å²) in [5, 5.41) is 14.2. The zero-order valence-corrected chi connectivity index (χ0v) is 13.3. The number of hydrogen-bond donors (Lipinski definition) is 1. The van der Waals surface area contributed by atoms with Crippen LogP contribution < -0.4 is 10.1 Å². The zero-order valence-electron chi connectivity index (χ0n) is 13.3. The van der Waals surface area contributed by atoms with Crippen molar-refractivity contribution in [2.45, 2.75) is 20.4 Å². The third-order valence-electron chi connectivity index (χ3n) is 2.92. The molecule has 0 unspecified atom stereocenters. The topological polar surface area (TPSA) is 67.6 Å². The predicted molar refractivity (Wildman–Crippen MR) is 83.7 cm³/mol. The molecule has 0 aliphatic heterocycles. The van der Waals surface area contributed by atoms with Crippen molar-refractivity contribution in [3.63, 3.8) is 0 Å². The van der Waals surface area contributed by atoms with Gasteiger partial charge >= 0.3 is 0 Å². The molecule has 6 heteroatoms. The summed E-state index contributed by atoms with van der Waals surface area (Å²) in [5.41, 5.74) is 0.917. The SMILES string of the molecule is CC(C)CNCc1cc([N+](=O)[O-])ccc1OCCN(C)C. The molecule has 1 N–H and O–H groups in total. The normalized spacial score (nSPS) is 11.1. The second-order valence-corrected chi connectivity index (χ2v) is 5.73. The van der Waals surface area contributed by atoms with Crippen LogP contribution in [0.4, 0.5) is 5.69 Å². The molecule has 0 heterocycles. The number of benzene rings is 1. The van der Waals surface area contributed by atoms with E-state index in [2.05, 4.69) is 19.2 Å². The van der Waals surface area contributed by atoms with E-state index in [1.165, 1.54) is 6.07 Å². The van der Waals surface area contributed by atoms with Crippen LogP contribution in [0.1, 0.15) is 19.4 Å². The molecule has 1 rings (SSSR count). The first-order valence-electron chi connectivity index (χ1n) is 7.15. The van der Waals surface area contributed by atoms with Crippen molar-refractivity contribution in [3.05, 3.63) is 33.9 Å². The van der Waals surface area contributed by atoms with Gasteiger partial charge in [-0.3, -0.25) is 10.1 Å².